The average Bonchev–Trinajstić information content (AvgIpc) is 3.20. The zero-order chi connectivity index (χ0) is 14.8. The summed E-state index contributed by atoms with van der Waals surface area (Å²) in [5.41, 5.74) is 0.836. The molecule has 4 nitrogen and oxygen atoms in total. The summed E-state index contributed by atoms with van der Waals surface area (Å²) in [5, 5.41) is 3.37. The van der Waals surface area contributed by atoms with E-state index in [4.69, 9.17) is 0 Å². The highest BCUT2D eigenvalue weighted by Crippen LogP contribution is 2.21. The topological polar surface area (TPSA) is 58.2 Å². The Morgan fingerprint density at radius 2 is 1.85 bits per heavy atom. The van der Waals surface area contributed by atoms with E-state index in [1.165, 1.54) is 12.8 Å². The Balaban J connectivity index is 2.16. The SMILES string of the molecule is CC(C)C(C)NS(=O)(=O)c1ccccc1CNC1CC1. The summed E-state index contributed by atoms with van der Waals surface area (Å²) in [7, 11) is -3.45. The average molecular weight is 296 g/mol. The highest BCUT2D eigenvalue weighted by Gasteiger charge is 2.24. The van der Waals surface area contributed by atoms with Gasteiger partial charge in [-0.25, -0.2) is 13.1 Å². The first-order valence-electron chi connectivity index (χ1n) is 7.24. The Labute approximate surface area is 122 Å². The monoisotopic (exact) mass is 296 g/mol. The third-order valence-corrected chi connectivity index (χ3v) is 5.42. The summed E-state index contributed by atoms with van der Waals surface area (Å²) in [6, 6.07) is 7.70. The predicted molar refractivity (Wildman–Crippen MR) is 80.9 cm³/mol. The summed E-state index contributed by atoms with van der Waals surface area (Å²) in [6.45, 7) is 6.52. The molecular formula is C15H24N2O2S. The molecule has 1 aromatic carbocycles. The molecule has 1 aliphatic carbocycles. The largest absolute Gasteiger partial charge is 0.310 e. The number of nitrogens with one attached hydrogen (secondary N) is 2. The van der Waals surface area contributed by atoms with E-state index in [2.05, 4.69) is 10.0 Å². The first-order valence-corrected chi connectivity index (χ1v) is 8.72. The van der Waals surface area contributed by atoms with E-state index in [1.807, 2.05) is 32.9 Å². The molecule has 112 valence electrons. The van der Waals surface area contributed by atoms with Crippen molar-refractivity contribution in [3.05, 3.63) is 29.8 Å². The van der Waals surface area contributed by atoms with Gasteiger partial charge in [-0.2, -0.15) is 0 Å². The number of hydrogen-bond donors (Lipinski definition) is 2. The van der Waals surface area contributed by atoms with E-state index in [1.54, 1.807) is 12.1 Å². The van der Waals surface area contributed by atoms with E-state index < -0.39 is 10.0 Å². The van der Waals surface area contributed by atoms with Crippen molar-refractivity contribution in [2.24, 2.45) is 5.92 Å². The second-order valence-electron chi connectivity index (χ2n) is 5.92. The third-order valence-electron chi connectivity index (χ3n) is 3.76. The molecule has 20 heavy (non-hydrogen) atoms. The Morgan fingerprint density at radius 1 is 1.20 bits per heavy atom. The van der Waals surface area contributed by atoms with Crippen LogP contribution in [-0.2, 0) is 16.6 Å². The van der Waals surface area contributed by atoms with Gasteiger partial charge in [-0.3, -0.25) is 0 Å². The van der Waals surface area contributed by atoms with Crippen LogP contribution in [0.4, 0.5) is 0 Å². The summed E-state index contributed by atoms with van der Waals surface area (Å²) in [5.74, 6) is 0.265. The van der Waals surface area contributed by atoms with Crippen LogP contribution in [0.15, 0.2) is 29.2 Å². The maximum Gasteiger partial charge on any atom is 0.241 e. The van der Waals surface area contributed by atoms with E-state index in [0.29, 0.717) is 17.5 Å². The lowest BCUT2D eigenvalue weighted by Crippen LogP contribution is -2.36. The fourth-order valence-corrected chi connectivity index (χ4v) is 3.53. The van der Waals surface area contributed by atoms with Gasteiger partial charge in [0.05, 0.1) is 4.90 Å². The van der Waals surface area contributed by atoms with Crippen LogP contribution in [0.25, 0.3) is 0 Å². The quantitative estimate of drug-likeness (QED) is 0.811. The molecule has 0 radical (unpaired) electrons. The van der Waals surface area contributed by atoms with Crippen molar-refractivity contribution >= 4 is 10.0 Å². The standard InChI is InChI=1S/C15H24N2O2S/c1-11(2)12(3)17-20(18,19)15-7-5-4-6-13(15)10-16-14-8-9-14/h4-7,11-12,14,16-17H,8-10H2,1-3H3. The van der Waals surface area contributed by atoms with Crippen LogP contribution in [0, 0.1) is 5.92 Å². The number of hydrogen-bond acceptors (Lipinski definition) is 3. The molecule has 1 fully saturated rings. The van der Waals surface area contributed by atoms with Crippen molar-refractivity contribution in [2.45, 2.75) is 57.1 Å². The van der Waals surface area contributed by atoms with E-state index in [0.717, 1.165) is 5.56 Å². The Morgan fingerprint density at radius 3 is 2.45 bits per heavy atom. The van der Waals surface area contributed by atoms with Gasteiger partial charge in [-0.1, -0.05) is 32.0 Å². The molecule has 0 spiro atoms. The summed E-state index contributed by atoms with van der Waals surface area (Å²) in [4.78, 5) is 0.389. The first kappa shape index (κ1) is 15.5. The molecule has 0 heterocycles. The lowest BCUT2D eigenvalue weighted by molar-refractivity contribution is 0.476. The molecule has 1 unspecified atom stereocenters. The Bertz CT molecular complexity index is 551. The number of rotatable bonds is 7. The molecule has 1 aromatic rings. The van der Waals surface area contributed by atoms with Crippen molar-refractivity contribution in [1.82, 2.24) is 10.0 Å². The smallest absolute Gasteiger partial charge is 0.241 e. The van der Waals surface area contributed by atoms with Gasteiger partial charge in [-0.15, -0.1) is 0 Å². The minimum absolute atomic E-state index is 0.0792. The van der Waals surface area contributed by atoms with Crippen LogP contribution >= 0.6 is 0 Å². The van der Waals surface area contributed by atoms with E-state index >= 15 is 0 Å². The minimum atomic E-state index is -3.45. The molecule has 5 heteroatoms. The van der Waals surface area contributed by atoms with Crippen molar-refractivity contribution < 1.29 is 8.42 Å². The van der Waals surface area contributed by atoms with Crippen molar-refractivity contribution in [3.8, 4) is 0 Å². The van der Waals surface area contributed by atoms with E-state index in [-0.39, 0.29) is 12.0 Å². The van der Waals surface area contributed by atoms with E-state index in [9.17, 15) is 8.42 Å². The maximum atomic E-state index is 12.5. The van der Waals surface area contributed by atoms with Gasteiger partial charge < -0.3 is 5.32 Å². The van der Waals surface area contributed by atoms with Gasteiger partial charge in [0, 0.05) is 18.6 Å². The summed E-state index contributed by atoms with van der Waals surface area (Å²) < 4.78 is 27.7. The van der Waals surface area contributed by atoms with Crippen LogP contribution in [0.5, 0.6) is 0 Å². The fraction of sp³-hybridized carbons (Fsp3) is 0.600. The first-order chi connectivity index (χ1) is 9.40. The van der Waals surface area contributed by atoms with Crippen molar-refractivity contribution in [2.75, 3.05) is 0 Å². The second kappa shape index (κ2) is 6.24. The maximum absolute atomic E-state index is 12.5. The predicted octanol–water partition coefficient (Wildman–Crippen LogP) is 2.26. The molecular weight excluding hydrogens is 272 g/mol. The van der Waals surface area contributed by atoms with Gasteiger partial charge in [0.2, 0.25) is 10.0 Å². The highest BCUT2D eigenvalue weighted by atomic mass is 32.2. The van der Waals surface area contributed by atoms with Gasteiger partial charge in [0.1, 0.15) is 0 Å². The molecule has 2 rings (SSSR count). The zero-order valence-electron chi connectivity index (χ0n) is 12.4. The van der Waals surface area contributed by atoms with Crippen LogP contribution < -0.4 is 10.0 Å². The number of sulfonamides is 1. The van der Waals surface area contributed by atoms with Gasteiger partial charge in [0.15, 0.2) is 0 Å². The van der Waals surface area contributed by atoms with Crippen molar-refractivity contribution in [3.63, 3.8) is 0 Å². The molecule has 0 amide bonds. The molecule has 1 atom stereocenters. The van der Waals surface area contributed by atoms with Gasteiger partial charge in [-0.05, 0) is 37.3 Å². The van der Waals surface area contributed by atoms with Gasteiger partial charge in [0.25, 0.3) is 0 Å². The molecule has 1 saturated carbocycles. The summed E-state index contributed by atoms with van der Waals surface area (Å²) >= 11 is 0. The zero-order valence-corrected chi connectivity index (χ0v) is 13.2. The second-order valence-corrected chi connectivity index (χ2v) is 7.60. The Kier molecular flexibility index (Phi) is 4.83. The van der Waals surface area contributed by atoms with Gasteiger partial charge >= 0.3 is 0 Å². The molecule has 0 bridgehead atoms. The lowest BCUT2D eigenvalue weighted by Gasteiger charge is -2.19. The molecule has 1 aliphatic rings. The summed E-state index contributed by atoms with van der Waals surface area (Å²) in [6.07, 6.45) is 2.38. The van der Waals surface area contributed by atoms with Crippen molar-refractivity contribution in [1.29, 1.82) is 0 Å². The van der Waals surface area contributed by atoms with Crippen LogP contribution in [-0.4, -0.2) is 20.5 Å². The fourth-order valence-electron chi connectivity index (χ4n) is 1.90. The highest BCUT2D eigenvalue weighted by molar-refractivity contribution is 7.89. The molecule has 2 N–H and O–H groups in total. The lowest BCUT2D eigenvalue weighted by atomic mass is 10.1. The molecule has 0 aromatic heterocycles. The normalized spacial score (nSPS) is 17.4. The Hall–Kier alpha value is -0.910. The third kappa shape index (κ3) is 4.04. The van der Waals surface area contributed by atoms with Crippen LogP contribution in [0.1, 0.15) is 39.2 Å². The molecule has 0 aliphatic heterocycles. The van der Waals surface area contributed by atoms with Crippen LogP contribution in [0.3, 0.4) is 0 Å². The minimum Gasteiger partial charge on any atom is -0.310 e. The van der Waals surface area contributed by atoms with Crippen LogP contribution in [0.2, 0.25) is 0 Å². The number of benzene rings is 1. The molecule has 0 saturated heterocycles.